The number of esters is 1. The normalized spacial score (nSPS) is 21.9. The van der Waals surface area contributed by atoms with Crippen LogP contribution in [0.15, 0.2) is 42.5 Å². The zero-order chi connectivity index (χ0) is 27.4. The Balaban J connectivity index is 2.13. The third-order valence-electron chi connectivity index (χ3n) is 5.99. The first-order valence-corrected chi connectivity index (χ1v) is 12.5. The minimum Gasteiger partial charge on any atom is -0.462 e. The molecule has 0 aliphatic carbocycles. The van der Waals surface area contributed by atoms with Crippen LogP contribution in [0.25, 0.3) is 0 Å². The highest BCUT2D eigenvalue weighted by Gasteiger charge is 2.32. The molecular formula is C27H39N3O7. The van der Waals surface area contributed by atoms with Crippen molar-refractivity contribution in [3.63, 3.8) is 0 Å². The maximum atomic E-state index is 13.1. The summed E-state index contributed by atoms with van der Waals surface area (Å²) in [4.78, 5) is 50.7. The zero-order valence-corrected chi connectivity index (χ0v) is 22.0. The first-order valence-electron chi connectivity index (χ1n) is 12.5. The summed E-state index contributed by atoms with van der Waals surface area (Å²) in [6, 6.07) is 7.23. The van der Waals surface area contributed by atoms with Crippen LogP contribution in [0.5, 0.6) is 0 Å². The number of hydrogen-bond donors (Lipinski definition) is 4. The van der Waals surface area contributed by atoms with E-state index in [9.17, 15) is 24.3 Å². The Kier molecular flexibility index (Phi) is 11.6. The van der Waals surface area contributed by atoms with E-state index in [0.29, 0.717) is 0 Å². The van der Waals surface area contributed by atoms with E-state index >= 15 is 0 Å². The molecular weight excluding hydrogens is 478 g/mol. The third kappa shape index (κ3) is 10.6. The summed E-state index contributed by atoms with van der Waals surface area (Å²) in [5, 5.41) is 17.3. The topological polar surface area (TPSA) is 143 Å². The number of amides is 3. The summed E-state index contributed by atoms with van der Waals surface area (Å²) in [6.07, 6.45) is 2.94. The Morgan fingerprint density at radius 3 is 2.49 bits per heavy atom. The molecule has 1 aromatic carbocycles. The number of rotatable bonds is 7. The first kappa shape index (κ1) is 29.8. The molecule has 10 nitrogen and oxygen atoms in total. The van der Waals surface area contributed by atoms with Crippen LogP contribution < -0.4 is 16.0 Å². The fourth-order valence-corrected chi connectivity index (χ4v) is 3.56. The maximum Gasteiger partial charge on any atom is 0.408 e. The van der Waals surface area contributed by atoms with Gasteiger partial charge in [-0.05, 0) is 30.7 Å². The Labute approximate surface area is 218 Å². The lowest BCUT2D eigenvalue weighted by molar-refractivity contribution is -0.148. The standard InChI is InChI=1S/C27H39N3O7/c1-18(15-31)28-23(32)14-20-12-8-9-13-21(29-26(35)37-16-19-10-6-5-7-11-19)25(34)36-17-22(27(2,3)4)30-24(20)33/h5-11,18,20-22,31H,12-17H2,1-4H3,(H,28,32)(H,29,35)(H,30,33)/t18-,20+,21+,22+/m0/s1. The average molecular weight is 518 g/mol. The highest BCUT2D eigenvalue weighted by molar-refractivity contribution is 5.86. The second-order valence-electron chi connectivity index (χ2n) is 10.3. The summed E-state index contributed by atoms with van der Waals surface area (Å²) >= 11 is 0. The summed E-state index contributed by atoms with van der Waals surface area (Å²) in [6.45, 7) is 7.12. The monoisotopic (exact) mass is 517 g/mol. The third-order valence-corrected chi connectivity index (χ3v) is 5.99. The predicted octanol–water partition coefficient (Wildman–Crippen LogP) is 2.21. The van der Waals surface area contributed by atoms with Gasteiger partial charge in [-0.3, -0.25) is 9.59 Å². The number of aliphatic hydroxyl groups is 1. The van der Waals surface area contributed by atoms with Crippen molar-refractivity contribution in [2.45, 2.75) is 71.7 Å². The van der Waals surface area contributed by atoms with Crippen molar-refractivity contribution < 1.29 is 33.8 Å². The Morgan fingerprint density at radius 2 is 1.84 bits per heavy atom. The van der Waals surface area contributed by atoms with E-state index in [2.05, 4.69) is 16.0 Å². The lowest BCUT2D eigenvalue weighted by Crippen LogP contribution is -2.51. The SMILES string of the molecule is C[C@@H](CO)NC(=O)C[C@H]1CC=CC[C@@H](NC(=O)OCc2ccccc2)C(=O)OC[C@H](C(C)(C)C)NC1=O. The van der Waals surface area contributed by atoms with E-state index in [-0.39, 0.29) is 50.9 Å². The van der Waals surface area contributed by atoms with Crippen LogP contribution >= 0.6 is 0 Å². The van der Waals surface area contributed by atoms with Crippen molar-refractivity contribution in [3.05, 3.63) is 48.0 Å². The fraction of sp³-hybridized carbons (Fsp3) is 0.556. The number of benzene rings is 1. The quantitative estimate of drug-likeness (QED) is 0.321. The van der Waals surface area contributed by atoms with Gasteiger partial charge in [0.1, 0.15) is 19.3 Å². The van der Waals surface area contributed by atoms with Gasteiger partial charge in [-0.25, -0.2) is 9.59 Å². The van der Waals surface area contributed by atoms with E-state index in [0.717, 1.165) is 5.56 Å². The summed E-state index contributed by atoms with van der Waals surface area (Å²) < 4.78 is 10.7. The molecule has 0 bridgehead atoms. The molecule has 3 amide bonds. The summed E-state index contributed by atoms with van der Waals surface area (Å²) in [7, 11) is 0. The summed E-state index contributed by atoms with van der Waals surface area (Å²) in [5.41, 5.74) is 0.358. The van der Waals surface area contributed by atoms with Gasteiger partial charge in [-0.15, -0.1) is 0 Å². The second-order valence-corrected chi connectivity index (χ2v) is 10.3. The molecule has 0 saturated heterocycles. The van der Waals surface area contributed by atoms with Gasteiger partial charge in [-0.1, -0.05) is 63.3 Å². The molecule has 0 saturated carbocycles. The van der Waals surface area contributed by atoms with Gasteiger partial charge >= 0.3 is 12.1 Å². The highest BCUT2D eigenvalue weighted by atomic mass is 16.6. The van der Waals surface area contributed by atoms with Gasteiger partial charge < -0.3 is 30.5 Å². The Hall–Kier alpha value is -3.40. The van der Waals surface area contributed by atoms with Crippen LogP contribution in [0.4, 0.5) is 4.79 Å². The van der Waals surface area contributed by atoms with E-state index < -0.39 is 41.5 Å². The molecule has 10 heteroatoms. The number of cyclic esters (lactones) is 1. The molecule has 2 rings (SSSR count). The van der Waals surface area contributed by atoms with Crippen molar-refractivity contribution in [3.8, 4) is 0 Å². The van der Waals surface area contributed by atoms with Gasteiger partial charge in [0.15, 0.2) is 0 Å². The van der Waals surface area contributed by atoms with Crippen LogP contribution in [0.1, 0.15) is 52.5 Å². The van der Waals surface area contributed by atoms with Crippen LogP contribution in [-0.4, -0.2) is 60.3 Å². The van der Waals surface area contributed by atoms with Crippen LogP contribution in [0, 0.1) is 11.3 Å². The van der Waals surface area contributed by atoms with Gasteiger partial charge in [0.2, 0.25) is 11.8 Å². The molecule has 1 aliphatic heterocycles. The van der Waals surface area contributed by atoms with E-state index in [4.69, 9.17) is 9.47 Å². The predicted molar refractivity (Wildman–Crippen MR) is 137 cm³/mol. The van der Waals surface area contributed by atoms with Crippen molar-refractivity contribution in [1.29, 1.82) is 0 Å². The van der Waals surface area contributed by atoms with E-state index in [1.165, 1.54) is 0 Å². The van der Waals surface area contributed by atoms with Crippen molar-refractivity contribution in [2.24, 2.45) is 11.3 Å². The number of carbonyl (C=O) groups is 4. The second kappa shape index (κ2) is 14.4. The van der Waals surface area contributed by atoms with Gasteiger partial charge in [0.05, 0.1) is 18.6 Å². The molecule has 0 unspecified atom stereocenters. The van der Waals surface area contributed by atoms with E-state index in [1.807, 2.05) is 51.1 Å². The zero-order valence-electron chi connectivity index (χ0n) is 22.0. The molecule has 0 aromatic heterocycles. The molecule has 1 heterocycles. The molecule has 204 valence electrons. The smallest absolute Gasteiger partial charge is 0.408 e. The lowest BCUT2D eigenvalue weighted by atomic mass is 9.86. The largest absolute Gasteiger partial charge is 0.462 e. The van der Waals surface area contributed by atoms with Crippen molar-refractivity contribution in [2.75, 3.05) is 13.2 Å². The molecule has 0 radical (unpaired) electrons. The highest BCUT2D eigenvalue weighted by Crippen LogP contribution is 2.22. The summed E-state index contributed by atoms with van der Waals surface area (Å²) in [5.74, 6) is -1.97. The molecule has 37 heavy (non-hydrogen) atoms. The number of nitrogens with one attached hydrogen (secondary N) is 3. The molecule has 1 aliphatic rings. The lowest BCUT2D eigenvalue weighted by Gasteiger charge is -2.33. The minimum atomic E-state index is -0.984. The number of hydrogen-bond acceptors (Lipinski definition) is 7. The molecule has 4 N–H and O–H groups in total. The van der Waals surface area contributed by atoms with Crippen molar-refractivity contribution >= 4 is 23.9 Å². The van der Waals surface area contributed by atoms with Crippen LogP contribution in [0.3, 0.4) is 0 Å². The minimum absolute atomic E-state index is 0.0566. The number of carbonyl (C=O) groups excluding carboxylic acids is 4. The number of alkyl carbamates (subject to hydrolysis) is 1. The first-order chi connectivity index (χ1) is 17.5. The molecule has 4 atom stereocenters. The molecule has 0 fully saturated rings. The number of ether oxygens (including phenoxy) is 2. The molecule has 0 spiro atoms. The van der Waals surface area contributed by atoms with Crippen molar-refractivity contribution in [1.82, 2.24) is 16.0 Å². The van der Waals surface area contributed by atoms with Gasteiger partial charge in [0.25, 0.3) is 0 Å². The van der Waals surface area contributed by atoms with Gasteiger partial charge in [-0.2, -0.15) is 0 Å². The van der Waals surface area contributed by atoms with Crippen LogP contribution in [0.2, 0.25) is 0 Å². The van der Waals surface area contributed by atoms with Gasteiger partial charge in [0, 0.05) is 12.5 Å². The van der Waals surface area contributed by atoms with E-state index in [1.54, 1.807) is 19.1 Å². The number of aliphatic hydroxyl groups excluding tert-OH is 1. The maximum absolute atomic E-state index is 13.1. The fourth-order valence-electron chi connectivity index (χ4n) is 3.56. The Bertz CT molecular complexity index is 943. The number of allylic oxidation sites excluding steroid dienone is 1. The average Bonchev–Trinajstić information content (AvgIpc) is 2.85. The molecule has 1 aromatic rings. The Morgan fingerprint density at radius 1 is 1.16 bits per heavy atom. The van der Waals surface area contributed by atoms with Crippen LogP contribution in [-0.2, 0) is 30.5 Å².